The number of nitrogens with zero attached hydrogens (tertiary/aromatic N) is 3. The quantitative estimate of drug-likeness (QED) is 0.903. The fraction of sp³-hybridized carbons (Fsp3) is 0.733. The number of hydrogen-bond acceptors (Lipinski definition) is 4. The van der Waals surface area contributed by atoms with Gasteiger partial charge in [-0.1, -0.05) is 6.92 Å². The zero-order valence-electron chi connectivity index (χ0n) is 12.6. The van der Waals surface area contributed by atoms with Crippen molar-refractivity contribution in [1.82, 2.24) is 15.3 Å². The molecule has 1 unspecified atom stereocenters. The Hall–Kier alpha value is -1.16. The molecule has 0 aromatic carbocycles. The lowest BCUT2D eigenvalue weighted by molar-refractivity contribution is 0.323. The summed E-state index contributed by atoms with van der Waals surface area (Å²) in [6, 6.07) is 2.76. The molecule has 1 aliphatic heterocycles. The second-order valence-electron chi connectivity index (χ2n) is 5.52. The smallest absolute Gasteiger partial charge is 0.132 e. The van der Waals surface area contributed by atoms with Crippen molar-refractivity contribution in [3.8, 4) is 0 Å². The first-order valence-corrected chi connectivity index (χ1v) is 7.40. The molecule has 0 radical (unpaired) electrons. The largest absolute Gasteiger partial charge is 0.356 e. The monoisotopic (exact) mass is 262 g/mol. The van der Waals surface area contributed by atoms with Crippen molar-refractivity contribution in [2.75, 3.05) is 25.0 Å². The highest BCUT2D eigenvalue weighted by Gasteiger charge is 2.23. The van der Waals surface area contributed by atoms with Gasteiger partial charge in [-0.05, 0) is 46.1 Å². The van der Waals surface area contributed by atoms with E-state index in [2.05, 4.69) is 47.1 Å². The van der Waals surface area contributed by atoms with Crippen LogP contribution in [0.3, 0.4) is 0 Å². The zero-order chi connectivity index (χ0) is 13.8. The van der Waals surface area contributed by atoms with Crippen LogP contribution in [0.5, 0.6) is 0 Å². The molecule has 1 saturated heterocycles. The lowest BCUT2D eigenvalue weighted by Gasteiger charge is -2.35. The van der Waals surface area contributed by atoms with E-state index in [9.17, 15) is 0 Å². The highest BCUT2D eigenvalue weighted by atomic mass is 15.2. The van der Waals surface area contributed by atoms with E-state index in [1.807, 2.05) is 6.92 Å². The molecule has 0 aliphatic carbocycles. The average Bonchev–Trinajstić information content (AvgIpc) is 2.46. The van der Waals surface area contributed by atoms with Gasteiger partial charge in [0.05, 0.1) is 0 Å². The molecule has 4 heteroatoms. The molecule has 0 bridgehead atoms. The third-order valence-corrected chi connectivity index (χ3v) is 4.27. The molecule has 19 heavy (non-hydrogen) atoms. The molecule has 1 aromatic rings. The number of nitrogens with one attached hydrogen (secondary N) is 1. The van der Waals surface area contributed by atoms with Gasteiger partial charge in [-0.3, -0.25) is 0 Å². The molecule has 106 valence electrons. The van der Waals surface area contributed by atoms with E-state index >= 15 is 0 Å². The third-order valence-electron chi connectivity index (χ3n) is 4.27. The van der Waals surface area contributed by atoms with Crippen molar-refractivity contribution in [2.24, 2.45) is 5.92 Å². The van der Waals surface area contributed by atoms with Crippen LogP contribution < -0.4 is 10.2 Å². The third kappa shape index (κ3) is 3.44. The van der Waals surface area contributed by atoms with Crippen LogP contribution >= 0.6 is 0 Å². The topological polar surface area (TPSA) is 41.0 Å². The molecule has 4 nitrogen and oxygen atoms in total. The molecule has 0 spiro atoms. The van der Waals surface area contributed by atoms with Crippen LogP contribution in [0.25, 0.3) is 0 Å². The minimum Gasteiger partial charge on any atom is -0.356 e. The van der Waals surface area contributed by atoms with Gasteiger partial charge in [0.15, 0.2) is 0 Å². The Bertz CT molecular complexity index is 411. The number of aromatic nitrogens is 2. The number of hydrogen-bond donors (Lipinski definition) is 1. The maximum Gasteiger partial charge on any atom is 0.132 e. The van der Waals surface area contributed by atoms with Crippen LogP contribution in [0.4, 0.5) is 5.82 Å². The fourth-order valence-electron chi connectivity index (χ4n) is 2.82. The minimum atomic E-state index is 0.612. The van der Waals surface area contributed by atoms with Crippen molar-refractivity contribution >= 4 is 5.82 Å². The van der Waals surface area contributed by atoms with Gasteiger partial charge in [0, 0.05) is 30.9 Å². The van der Waals surface area contributed by atoms with Crippen LogP contribution in [0.1, 0.15) is 38.2 Å². The van der Waals surface area contributed by atoms with E-state index < -0.39 is 0 Å². The summed E-state index contributed by atoms with van der Waals surface area (Å²) in [6.45, 7) is 8.63. The van der Waals surface area contributed by atoms with Crippen LogP contribution in [-0.4, -0.2) is 36.1 Å². The predicted octanol–water partition coefficient (Wildman–Crippen LogP) is 2.17. The molecule has 2 rings (SSSR count). The number of piperidine rings is 1. The van der Waals surface area contributed by atoms with Gasteiger partial charge >= 0.3 is 0 Å². The van der Waals surface area contributed by atoms with E-state index in [0.29, 0.717) is 6.04 Å². The molecular weight excluding hydrogens is 236 g/mol. The summed E-state index contributed by atoms with van der Waals surface area (Å²) in [5, 5.41) is 3.37. The van der Waals surface area contributed by atoms with Gasteiger partial charge in [0.2, 0.25) is 0 Å². The Morgan fingerprint density at radius 3 is 2.63 bits per heavy atom. The van der Waals surface area contributed by atoms with Gasteiger partial charge < -0.3 is 10.2 Å². The summed E-state index contributed by atoms with van der Waals surface area (Å²) >= 11 is 0. The Kier molecular flexibility index (Phi) is 4.75. The highest BCUT2D eigenvalue weighted by molar-refractivity contribution is 5.40. The molecule has 1 fully saturated rings. The van der Waals surface area contributed by atoms with Crippen molar-refractivity contribution in [1.29, 1.82) is 0 Å². The first-order valence-electron chi connectivity index (χ1n) is 7.40. The second kappa shape index (κ2) is 6.33. The maximum atomic E-state index is 4.59. The van der Waals surface area contributed by atoms with E-state index in [1.165, 1.54) is 12.8 Å². The SMILES string of the molecule is CCc1cc(N2CCC(C(C)NC)CC2)nc(C)n1. The summed E-state index contributed by atoms with van der Waals surface area (Å²) in [4.78, 5) is 11.5. The van der Waals surface area contributed by atoms with Crippen molar-refractivity contribution in [2.45, 2.75) is 46.1 Å². The van der Waals surface area contributed by atoms with E-state index in [0.717, 1.165) is 42.8 Å². The standard InChI is InChI=1S/C15H26N4/c1-5-14-10-15(18-12(3)17-14)19-8-6-13(7-9-19)11(2)16-4/h10-11,13,16H,5-9H2,1-4H3. The van der Waals surface area contributed by atoms with Crippen LogP contribution in [-0.2, 0) is 6.42 Å². The van der Waals surface area contributed by atoms with Gasteiger partial charge in [-0.25, -0.2) is 9.97 Å². The Balaban J connectivity index is 2.03. The summed E-state index contributed by atoms with van der Waals surface area (Å²) in [6.07, 6.45) is 3.46. The molecule has 0 amide bonds. The lowest BCUT2D eigenvalue weighted by atomic mass is 9.90. The van der Waals surface area contributed by atoms with Gasteiger partial charge in [0.1, 0.15) is 11.6 Å². The molecule has 0 saturated carbocycles. The lowest BCUT2D eigenvalue weighted by Crippen LogP contribution is -2.41. The van der Waals surface area contributed by atoms with E-state index in [4.69, 9.17) is 0 Å². The van der Waals surface area contributed by atoms with Crippen LogP contribution in [0, 0.1) is 12.8 Å². The maximum absolute atomic E-state index is 4.59. The van der Waals surface area contributed by atoms with Gasteiger partial charge in [-0.15, -0.1) is 0 Å². The summed E-state index contributed by atoms with van der Waals surface area (Å²) < 4.78 is 0. The highest BCUT2D eigenvalue weighted by Crippen LogP contribution is 2.24. The number of anilines is 1. The first kappa shape index (κ1) is 14.3. The van der Waals surface area contributed by atoms with Crippen molar-refractivity contribution in [3.63, 3.8) is 0 Å². The Morgan fingerprint density at radius 1 is 1.37 bits per heavy atom. The first-order chi connectivity index (χ1) is 9.13. The summed E-state index contributed by atoms with van der Waals surface area (Å²) in [7, 11) is 2.05. The normalized spacial score (nSPS) is 18.6. The Morgan fingerprint density at radius 2 is 2.05 bits per heavy atom. The molecule has 1 aliphatic rings. The van der Waals surface area contributed by atoms with E-state index in [1.54, 1.807) is 0 Å². The minimum absolute atomic E-state index is 0.612. The molecule has 1 aromatic heterocycles. The average molecular weight is 262 g/mol. The number of aryl methyl sites for hydroxylation is 2. The summed E-state index contributed by atoms with van der Waals surface area (Å²) in [5.74, 6) is 2.79. The van der Waals surface area contributed by atoms with Gasteiger partial charge in [-0.2, -0.15) is 0 Å². The molecule has 2 heterocycles. The molecule has 1 N–H and O–H groups in total. The molecule has 1 atom stereocenters. The van der Waals surface area contributed by atoms with Crippen LogP contribution in [0.2, 0.25) is 0 Å². The fourth-order valence-corrected chi connectivity index (χ4v) is 2.82. The Labute approximate surface area is 116 Å². The van der Waals surface area contributed by atoms with E-state index in [-0.39, 0.29) is 0 Å². The second-order valence-corrected chi connectivity index (χ2v) is 5.52. The van der Waals surface area contributed by atoms with Crippen LogP contribution in [0.15, 0.2) is 6.07 Å². The predicted molar refractivity (Wildman–Crippen MR) is 79.6 cm³/mol. The number of rotatable bonds is 4. The van der Waals surface area contributed by atoms with Crippen molar-refractivity contribution < 1.29 is 0 Å². The van der Waals surface area contributed by atoms with Crippen molar-refractivity contribution in [3.05, 3.63) is 17.6 Å². The molecular formula is C15H26N4. The zero-order valence-corrected chi connectivity index (χ0v) is 12.6. The summed E-state index contributed by atoms with van der Waals surface area (Å²) in [5.41, 5.74) is 1.15. The van der Waals surface area contributed by atoms with Gasteiger partial charge in [0.25, 0.3) is 0 Å².